The lowest BCUT2D eigenvalue weighted by atomic mass is 10.1. The highest BCUT2D eigenvalue weighted by Gasteiger charge is 2.09. The highest BCUT2D eigenvalue weighted by atomic mass is 35.5. The molecule has 3 nitrogen and oxygen atoms in total. The number of carbonyl (C=O) groups excluding carboxylic acids is 1. The number of rotatable bonds is 4. The van der Waals surface area contributed by atoms with E-state index in [1.165, 1.54) is 18.2 Å². The Kier molecular flexibility index (Phi) is 4.70. The van der Waals surface area contributed by atoms with Gasteiger partial charge in [0.15, 0.2) is 0 Å². The molecule has 0 saturated carbocycles. The number of nitrogens with one attached hydrogen (secondary N) is 1. The van der Waals surface area contributed by atoms with Gasteiger partial charge in [0.25, 0.3) is 0 Å². The second-order valence-electron chi connectivity index (χ2n) is 4.61. The number of hydrogen-bond donors (Lipinski definition) is 2. The van der Waals surface area contributed by atoms with E-state index >= 15 is 0 Å². The highest BCUT2D eigenvalue weighted by Crippen LogP contribution is 2.29. The van der Waals surface area contributed by atoms with Crippen molar-refractivity contribution in [3.8, 4) is 0 Å². The van der Waals surface area contributed by atoms with Crippen molar-refractivity contribution < 1.29 is 9.18 Å². The van der Waals surface area contributed by atoms with Gasteiger partial charge in [0.05, 0.1) is 10.7 Å². The Morgan fingerprint density at radius 1 is 1.24 bits per heavy atom. The maximum absolute atomic E-state index is 13.7. The Bertz CT molecular complexity index is 704. The van der Waals surface area contributed by atoms with Crippen LogP contribution >= 0.6 is 23.2 Å². The molecule has 110 valence electrons. The molecule has 2 aromatic carbocycles. The summed E-state index contributed by atoms with van der Waals surface area (Å²) in [5.41, 5.74) is 7.20. The van der Waals surface area contributed by atoms with Crippen molar-refractivity contribution in [2.45, 2.75) is 13.5 Å². The van der Waals surface area contributed by atoms with Crippen LogP contribution in [-0.4, -0.2) is 5.91 Å². The van der Waals surface area contributed by atoms with Gasteiger partial charge in [-0.15, -0.1) is 0 Å². The molecule has 0 saturated heterocycles. The summed E-state index contributed by atoms with van der Waals surface area (Å²) in [6, 6.07) is 7.36. The van der Waals surface area contributed by atoms with Gasteiger partial charge in [-0.3, -0.25) is 4.79 Å². The molecule has 6 heteroatoms. The van der Waals surface area contributed by atoms with Crippen LogP contribution in [0.1, 0.15) is 21.5 Å². The van der Waals surface area contributed by atoms with Gasteiger partial charge in [-0.1, -0.05) is 23.2 Å². The predicted octanol–water partition coefficient (Wildman–Crippen LogP) is 4.15. The van der Waals surface area contributed by atoms with E-state index in [0.29, 0.717) is 21.3 Å². The molecule has 0 bridgehead atoms. The minimum Gasteiger partial charge on any atom is -0.380 e. The van der Waals surface area contributed by atoms with Gasteiger partial charge in [-0.2, -0.15) is 0 Å². The molecule has 0 spiro atoms. The van der Waals surface area contributed by atoms with Gasteiger partial charge in [0, 0.05) is 22.7 Å². The molecule has 1 amide bonds. The second-order valence-corrected chi connectivity index (χ2v) is 5.42. The average molecular weight is 327 g/mol. The average Bonchev–Trinajstić information content (AvgIpc) is 2.42. The molecule has 2 rings (SSSR count). The molecule has 2 aromatic rings. The van der Waals surface area contributed by atoms with Crippen LogP contribution in [0.15, 0.2) is 30.3 Å². The topological polar surface area (TPSA) is 55.1 Å². The number of primary amides is 1. The van der Waals surface area contributed by atoms with E-state index in [1.807, 2.05) is 6.92 Å². The van der Waals surface area contributed by atoms with Crippen molar-refractivity contribution in [2.24, 2.45) is 5.73 Å². The fourth-order valence-electron chi connectivity index (χ4n) is 1.84. The third-order valence-corrected chi connectivity index (χ3v) is 3.77. The lowest BCUT2D eigenvalue weighted by Gasteiger charge is -2.11. The maximum atomic E-state index is 13.7. The number of anilines is 1. The number of aryl methyl sites for hydroxylation is 1. The first-order valence-electron chi connectivity index (χ1n) is 6.16. The van der Waals surface area contributed by atoms with Crippen molar-refractivity contribution in [1.82, 2.24) is 0 Å². The highest BCUT2D eigenvalue weighted by molar-refractivity contribution is 6.35. The molecule has 0 aliphatic rings. The molecular formula is C15H13Cl2FN2O. The monoisotopic (exact) mass is 326 g/mol. The van der Waals surface area contributed by atoms with E-state index in [1.54, 1.807) is 12.1 Å². The standard InChI is InChI=1S/C15H13Cl2FN2O/c1-8-4-12(17)14(6-11(8)16)20-7-10-5-9(15(19)21)2-3-13(10)18/h2-6,20H,7H2,1H3,(H2,19,21). The van der Waals surface area contributed by atoms with E-state index in [9.17, 15) is 9.18 Å². The van der Waals surface area contributed by atoms with Gasteiger partial charge in [-0.05, 0) is 42.8 Å². The number of amides is 1. The molecule has 0 unspecified atom stereocenters. The first kappa shape index (κ1) is 15.6. The fraction of sp³-hybridized carbons (Fsp3) is 0.133. The van der Waals surface area contributed by atoms with Crippen LogP contribution in [0.25, 0.3) is 0 Å². The summed E-state index contributed by atoms with van der Waals surface area (Å²) >= 11 is 12.1. The quantitative estimate of drug-likeness (QED) is 0.886. The SMILES string of the molecule is Cc1cc(Cl)c(NCc2cc(C(N)=O)ccc2F)cc1Cl. The summed E-state index contributed by atoms with van der Waals surface area (Å²) in [7, 11) is 0. The lowest BCUT2D eigenvalue weighted by molar-refractivity contribution is 0.1000. The normalized spacial score (nSPS) is 10.5. The summed E-state index contributed by atoms with van der Waals surface area (Å²) < 4.78 is 13.7. The first-order chi connectivity index (χ1) is 9.88. The number of halogens is 3. The van der Waals surface area contributed by atoms with E-state index in [0.717, 1.165) is 5.56 Å². The molecule has 3 N–H and O–H groups in total. The third kappa shape index (κ3) is 3.65. The summed E-state index contributed by atoms with van der Waals surface area (Å²) in [4.78, 5) is 11.1. The van der Waals surface area contributed by atoms with Crippen molar-refractivity contribution in [3.05, 3.63) is 62.9 Å². The molecule has 0 aliphatic carbocycles. The third-order valence-electron chi connectivity index (χ3n) is 3.05. The molecule has 0 aliphatic heterocycles. The Labute approximate surface area is 131 Å². The molecule has 0 heterocycles. The van der Waals surface area contributed by atoms with Crippen LogP contribution in [0.2, 0.25) is 10.0 Å². The molecule has 0 radical (unpaired) electrons. The van der Waals surface area contributed by atoms with Crippen molar-refractivity contribution in [3.63, 3.8) is 0 Å². The number of benzene rings is 2. The number of nitrogens with two attached hydrogens (primary N) is 1. The van der Waals surface area contributed by atoms with Crippen LogP contribution < -0.4 is 11.1 Å². The predicted molar refractivity (Wildman–Crippen MR) is 83.4 cm³/mol. The number of hydrogen-bond acceptors (Lipinski definition) is 2. The molecular weight excluding hydrogens is 314 g/mol. The van der Waals surface area contributed by atoms with E-state index in [4.69, 9.17) is 28.9 Å². The molecule has 21 heavy (non-hydrogen) atoms. The van der Waals surface area contributed by atoms with E-state index in [-0.39, 0.29) is 12.1 Å². The minimum absolute atomic E-state index is 0.159. The number of carbonyl (C=O) groups is 1. The van der Waals surface area contributed by atoms with Crippen LogP contribution in [0.4, 0.5) is 10.1 Å². The van der Waals surface area contributed by atoms with Gasteiger partial charge >= 0.3 is 0 Å². The Hall–Kier alpha value is -1.78. The molecule has 0 aromatic heterocycles. The van der Waals surface area contributed by atoms with Gasteiger partial charge in [0.2, 0.25) is 5.91 Å². The van der Waals surface area contributed by atoms with Crippen LogP contribution in [0.5, 0.6) is 0 Å². The maximum Gasteiger partial charge on any atom is 0.248 e. The van der Waals surface area contributed by atoms with E-state index in [2.05, 4.69) is 5.32 Å². The zero-order valence-corrected chi connectivity index (χ0v) is 12.7. The first-order valence-corrected chi connectivity index (χ1v) is 6.92. The molecule has 0 fully saturated rings. The summed E-state index contributed by atoms with van der Waals surface area (Å²) in [6.07, 6.45) is 0. The summed E-state index contributed by atoms with van der Waals surface area (Å²) in [5.74, 6) is -1.03. The summed E-state index contributed by atoms with van der Waals surface area (Å²) in [5, 5.41) is 4.05. The fourth-order valence-corrected chi connectivity index (χ4v) is 2.28. The second kappa shape index (κ2) is 6.33. The van der Waals surface area contributed by atoms with Crippen molar-refractivity contribution >= 4 is 34.8 Å². The zero-order chi connectivity index (χ0) is 15.6. The Morgan fingerprint density at radius 3 is 2.62 bits per heavy atom. The van der Waals surface area contributed by atoms with Gasteiger partial charge < -0.3 is 11.1 Å². The minimum atomic E-state index is -0.604. The van der Waals surface area contributed by atoms with E-state index < -0.39 is 11.7 Å². The van der Waals surface area contributed by atoms with Crippen molar-refractivity contribution in [2.75, 3.05) is 5.32 Å². The van der Waals surface area contributed by atoms with Crippen LogP contribution in [0.3, 0.4) is 0 Å². The Balaban J connectivity index is 2.22. The van der Waals surface area contributed by atoms with Gasteiger partial charge in [0.1, 0.15) is 5.82 Å². The van der Waals surface area contributed by atoms with Crippen molar-refractivity contribution in [1.29, 1.82) is 0 Å². The lowest BCUT2D eigenvalue weighted by Crippen LogP contribution is -2.12. The summed E-state index contributed by atoms with van der Waals surface area (Å²) in [6.45, 7) is 2.00. The zero-order valence-electron chi connectivity index (χ0n) is 11.2. The molecule has 0 atom stereocenters. The Morgan fingerprint density at radius 2 is 1.95 bits per heavy atom. The van der Waals surface area contributed by atoms with Gasteiger partial charge in [-0.25, -0.2) is 4.39 Å². The largest absolute Gasteiger partial charge is 0.380 e. The van der Waals surface area contributed by atoms with Crippen LogP contribution in [-0.2, 0) is 6.54 Å². The smallest absolute Gasteiger partial charge is 0.248 e. The van der Waals surface area contributed by atoms with Crippen LogP contribution in [0, 0.1) is 12.7 Å².